The van der Waals surface area contributed by atoms with Gasteiger partial charge in [-0.25, -0.2) is 4.79 Å². The molecule has 0 aliphatic carbocycles. The molecule has 0 spiro atoms. The summed E-state index contributed by atoms with van der Waals surface area (Å²) in [7, 11) is 0. The van der Waals surface area contributed by atoms with Crippen molar-refractivity contribution in [1.29, 1.82) is 0 Å². The molecule has 0 bridgehead atoms. The molecule has 4 N–H and O–H groups in total. The van der Waals surface area contributed by atoms with Crippen LogP contribution in [0, 0.1) is 0 Å². The maximum atomic E-state index is 10.7. The van der Waals surface area contributed by atoms with Gasteiger partial charge in [0.15, 0.2) is 5.58 Å². The molecule has 0 aliphatic heterocycles. The van der Waals surface area contributed by atoms with Crippen LogP contribution in [0.1, 0.15) is 10.4 Å². The number of carboxylic acids is 1. The summed E-state index contributed by atoms with van der Waals surface area (Å²) in [6, 6.07) is 4.51. The quantitative estimate of drug-likeness (QED) is 0.726. The van der Waals surface area contributed by atoms with Crippen LogP contribution in [-0.2, 0) is 4.79 Å². The normalized spacial score (nSPS) is 10.8. The number of oxazole rings is 1. The number of hydrogen-bond donors (Lipinski definition) is 3. The van der Waals surface area contributed by atoms with E-state index in [4.69, 9.17) is 25.2 Å². The summed E-state index contributed by atoms with van der Waals surface area (Å²) in [5, 5.41) is 16.0. The number of aliphatic carboxylic acids is 1. The fourth-order valence-electron chi connectivity index (χ4n) is 1.07. The van der Waals surface area contributed by atoms with Crippen molar-refractivity contribution in [3.8, 4) is 6.08 Å². The Balaban J connectivity index is 0.000000246. The van der Waals surface area contributed by atoms with E-state index in [2.05, 4.69) is 4.98 Å². The molecular weight excluding hydrogens is 285 g/mol. The third-order valence-corrected chi connectivity index (χ3v) is 1.90. The highest BCUT2D eigenvalue weighted by atomic mass is 19.4. The highest BCUT2D eigenvalue weighted by Crippen LogP contribution is 2.20. The number of carbonyl (C=O) groups excluding carboxylic acids is 1. The van der Waals surface area contributed by atoms with Crippen LogP contribution in [0.3, 0.4) is 0 Å². The molecule has 0 radical (unpaired) electrons. The highest BCUT2D eigenvalue weighted by Gasteiger charge is 2.38. The molecule has 7 nitrogen and oxygen atoms in total. The van der Waals surface area contributed by atoms with Crippen LogP contribution in [0.25, 0.3) is 11.1 Å². The third-order valence-electron chi connectivity index (χ3n) is 1.90. The molecule has 0 atom stereocenters. The second kappa shape index (κ2) is 5.47. The Kier molecular flexibility index (Phi) is 4.17. The van der Waals surface area contributed by atoms with Crippen LogP contribution < -0.4 is 5.73 Å². The number of halogens is 3. The van der Waals surface area contributed by atoms with Gasteiger partial charge in [-0.2, -0.15) is 18.2 Å². The van der Waals surface area contributed by atoms with Gasteiger partial charge in [0.25, 0.3) is 0 Å². The van der Waals surface area contributed by atoms with E-state index in [1.54, 1.807) is 6.07 Å². The Morgan fingerprint density at radius 2 is 1.85 bits per heavy atom. The third kappa shape index (κ3) is 3.86. The van der Waals surface area contributed by atoms with Crippen molar-refractivity contribution in [3.05, 3.63) is 23.8 Å². The number of amides is 1. The van der Waals surface area contributed by atoms with Crippen LogP contribution in [0.4, 0.5) is 13.2 Å². The summed E-state index contributed by atoms with van der Waals surface area (Å²) in [4.78, 5) is 23.3. The number of carbonyl (C=O) groups is 2. The second-order valence-corrected chi connectivity index (χ2v) is 3.35. The molecule has 1 heterocycles. The first-order chi connectivity index (χ1) is 9.11. The fourth-order valence-corrected chi connectivity index (χ4v) is 1.07. The van der Waals surface area contributed by atoms with Gasteiger partial charge in [-0.05, 0) is 18.2 Å². The number of nitrogens with two attached hydrogens (primary N) is 1. The van der Waals surface area contributed by atoms with E-state index >= 15 is 0 Å². The van der Waals surface area contributed by atoms with Crippen molar-refractivity contribution in [2.75, 3.05) is 0 Å². The molecule has 0 saturated heterocycles. The lowest BCUT2D eigenvalue weighted by molar-refractivity contribution is -0.192. The van der Waals surface area contributed by atoms with Crippen molar-refractivity contribution in [2.45, 2.75) is 6.18 Å². The number of alkyl halides is 3. The predicted octanol–water partition coefficient (Wildman–Crippen LogP) is 1.27. The Morgan fingerprint density at radius 1 is 1.30 bits per heavy atom. The van der Waals surface area contributed by atoms with Gasteiger partial charge in [0.1, 0.15) is 5.52 Å². The number of aromatic nitrogens is 1. The van der Waals surface area contributed by atoms with E-state index in [1.165, 1.54) is 12.1 Å². The molecule has 0 unspecified atom stereocenters. The lowest BCUT2D eigenvalue weighted by Gasteiger charge is -1.93. The number of primary amides is 1. The van der Waals surface area contributed by atoms with E-state index in [1.807, 2.05) is 0 Å². The number of aromatic hydroxyl groups is 1. The zero-order chi connectivity index (χ0) is 15.5. The van der Waals surface area contributed by atoms with Crippen molar-refractivity contribution in [2.24, 2.45) is 5.73 Å². The minimum atomic E-state index is -5.08. The van der Waals surface area contributed by atoms with E-state index in [9.17, 15) is 18.0 Å². The van der Waals surface area contributed by atoms with Crippen LogP contribution >= 0.6 is 0 Å². The topological polar surface area (TPSA) is 127 Å². The van der Waals surface area contributed by atoms with Gasteiger partial charge in [0.2, 0.25) is 5.91 Å². The average Bonchev–Trinajstić information content (AvgIpc) is 2.67. The minimum Gasteiger partial charge on any atom is -0.475 e. The summed E-state index contributed by atoms with van der Waals surface area (Å²) < 4.78 is 36.5. The Hall–Kier alpha value is -2.78. The van der Waals surface area contributed by atoms with Gasteiger partial charge in [-0.15, -0.1) is 0 Å². The van der Waals surface area contributed by atoms with Crippen molar-refractivity contribution < 1.29 is 37.4 Å². The molecule has 0 aliphatic rings. The van der Waals surface area contributed by atoms with Gasteiger partial charge in [-0.1, -0.05) is 0 Å². The molecule has 1 amide bonds. The minimum absolute atomic E-state index is 0.323. The number of nitrogens with zero attached hydrogens (tertiary/aromatic N) is 1. The average molecular weight is 292 g/mol. The molecule has 20 heavy (non-hydrogen) atoms. The number of benzene rings is 1. The first-order valence-corrected chi connectivity index (χ1v) is 4.80. The number of rotatable bonds is 1. The molecule has 1 aromatic heterocycles. The van der Waals surface area contributed by atoms with Crippen LogP contribution in [0.5, 0.6) is 6.08 Å². The Morgan fingerprint density at radius 3 is 2.30 bits per heavy atom. The van der Waals surface area contributed by atoms with Crippen molar-refractivity contribution in [3.63, 3.8) is 0 Å². The Labute approximate surface area is 108 Å². The van der Waals surface area contributed by atoms with Crippen LogP contribution in [-0.4, -0.2) is 33.2 Å². The van der Waals surface area contributed by atoms with Crippen molar-refractivity contribution >= 4 is 23.0 Å². The van der Waals surface area contributed by atoms with E-state index < -0.39 is 24.1 Å². The molecule has 10 heteroatoms. The largest absolute Gasteiger partial charge is 0.490 e. The maximum Gasteiger partial charge on any atom is 0.490 e. The molecular formula is C10H7F3N2O5. The van der Waals surface area contributed by atoms with Gasteiger partial charge >= 0.3 is 18.2 Å². The van der Waals surface area contributed by atoms with E-state index in [-0.39, 0.29) is 0 Å². The summed E-state index contributed by atoms with van der Waals surface area (Å²) in [5.41, 5.74) is 6.20. The summed E-state index contributed by atoms with van der Waals surface area (Å²) in [6.07, 6.45) is -5.50. The smallest absolute Gasteiger partial charge is 0.475 e. The Bertz CT molecular complexity index is 650. The monoisotopic (exact) mass is 292 g/mol. The molecule has 1 aromatic carbocycles. The first kappa shape index (κ1) is 15.3. The summed E-state index contributed by atoms with van der Waals surface area (Å²) in [5.74, 6) is -3.30. The molecule has 108 valence electrons. The van der Waals surface area contributed by atoms with Crippen LogP contribution in [0.15, 0.2) is 22.6 Å². The fraction of sp³-hybridized carbons (Fsp3) is 0.100. The lowest BCUT2D eigenvalue weighted by Crippen LogP contribution is -2.21. The number of carboxylic acid groups (broad SMARTS) is 1. The number of hydrogen-bond acceptors (Lipinski definition) is 5. The molecule has 2 rings (SSSR count). The van der Waals surface area contributed by atoms with Gasteiger partial charge in [-0.3, -0.25) is 4.79 Å². The second-order valence-electron chi connectivity index (χ2n) is 3.35. The van der Waals surface area contributed by atoms with Crippen molar-refractivity contribution in [1.82, 2.24) is 4.98 Å². The SMILES string of the molecule is NC(=O)c1ccc2nc(O)oc2c1.O=C(O)C(F)(F)F. The van der Waals surface area contributed by atoms with Crippen LogP contribution in [0.2, 0.25) is 0 Å². The molecule has 0 fully saturated rings. The predicted molar refractivity (Wildman–Crippen MR) is 57.9 cm³/mol. The number of fused-ring (bicyclic) bond motifs is 1. The van der Waals surface area contributed by atoms with E-state index in [0.717, 1.165) is 0 Å². The molecule has 2 aromatic rings. The standard InChI is InChI=1S/C8H6N2O3.C2HF3O2/c9-7(11)4-1-2-5-6(3-4)13-8(12)10-5;3-2(4,5)1(6)7/h1-3H,(H2,9,11)(H,10,12);(H,6,7). The van der Waals surface area contributed by atoms with E-state index in [0.29, 0.717) is 16.7 Å². The van der Waals surface area contributed by atoms with Gasteiger partial charge in [0.05, 0.1) is 0 Å². The zero-order valence-electron chi connectivity index (χ0n) is 9.51. The molecule has 0 saturated carbocycles. The van der Waals surface area contributed by atoms with Gasteiger partial charge < -0.3 is 20.4 Å². The summed E-state index contributed by atoms with van der Waals surface area (Å²) in [6.45, 7) is 0. The lowest BCUT2D eigenvalue weighted by atomic mass is 10.2. The highest BCUT2D eigenvalue weighted by molar-refractivity contribution is 5.95. The summed E-state index contributed by atoms with van der Waals surface area (Å²) >= 11 is 0. The zero-order valence-corrected chi connectivity index (χ0v) is 9.51. The maximum absolute atomic E-state index is 10.7. The van der Waals surface area contributed by atoms with Gasteiger partial charge in [0, 0.05) is 5.56 Å². The first-order valence-electron chi connectivity index (χ1n) is 4.80.